The third kappa shape index (κ3) is 7.32. The lowest BCUT2D eigenvalue weighted by atomic mass is 10.1. The van der Waals surface area contributed by atoms with Crippen LogP contribution in [-0.2, 0) is 35.5 Å². The first-order chi connectivity index (χ1) is 15.9. The molecule has 1 amide bonds. The second kappa shape index (κ2) is 12.2. The van der Waals surface area contributed by atoms with E-state index in [-0.39, 0.29) is 22.5 Å². The average molecular weight is 496 g/mol. The number of thiazole rings is 1. The van der Waals surface area contributed by atoms with Crippen molar-refractivity contribution in [2.45, 2.75) is 49.7 Å². The molecular weight excluding hydrogens is 466 g/mol. The highest BCUT2D eigenvalue weighted by Gasteiger charge is 2.22. The molecule has 0 radical (unpaired) electrons. The molecule has 1 N–H and O–H groups in total. The minimum atomic E-state index is -3.44. The van der Waals surface area contributed by atoms with E-state index < -0.39 is 15.7 Å². The van der Waals surface area contributed by atoms with Crippen LogP contribution in [0, 0.1) is 0 Å². The van der Waals surface area contributed by atoms with Crippen LogP contribution in [0.5, 0.6) is 0 Å². The average Bonchev–Trinajstić information content (AvgIpc) is 3.47. The molecule has 0 atom stereocenters. The van der Waals surface area contributed by atoms with Gasteiger partial charge in [0.15, 0.2) is 20.7 Å². The molecule has 1 fully saturated rings. The summed E-state index contributed by atoms with van der Waals surface area (Å²) >= 11 is 1.30. The maximum Gasteiger partial charge on any atom is 0.280 e. The summed E-state index contributed by atoms with van der Waals surface area (Å²) in [6.45, 7) is 0.773. The number of ether oxygens (including phenoxy) is 2. The van der Waals surface area contributed by atoms with E-state index in [1.54, 1.807) is 25.4 Å². The zero-order valence-corrected chi connectivity index (χ0v) is 20.4. The van der Waals surface area contributed by atoms with Crippen LogP contribution in [0.15, 0.2) is 40.5 Å². The Balaban J connectivity index is 1.79. The number of benzene rings is 1. The van der Waals surface area contributed by atoms with Gasteiger partial charge in [-0.1, -0.05) is 28.6 Å². The van der Waals surface area contributed by atoms with Crippen LogP contribution in [0.1, 0.15) is 42.5 Å². The molecule has 180 valence electrons. The minimum Gasteiger partial charge on any atom is -0.392 e. The van der Waals surface area contributed by atoms with Gasteiger partial charge >= 0.3 is 0 Å². The van der Waals surface area contributed by atoms with Crippen LogP contribution >= 0.6 is 11.3 Å². The van der Waals surface area contributed by atoms with Crippen molar-refractivity contribution < 1.29 is 27.5 Å². The quantitative estimate of drug-likeness (QED) is 0.272. The van der Waals surface area contributed by atoms with Gasteiger partial charge < -0.3 is 14.3 Å². The van der Waals surface area contributed by atoms with E-state index >= 15 is 0 Å². The highest BCUT2D eigenvalue weighted by atomic mass is 32.2. The molecular formula is C22H29N3O6S2. The summed E-state index contributed by atoms with van der Waals surface area (Å²) in [6, 6.07) is 6.10. The van der Waals surface area contributed by atoms with Crippen molar-refractivity contribution in [2.75, 3.05) is 31.9 Å². The highest BCUT2D eigenvalue weighted by Crippen LogP contribution is 2.23. The molecule has 1 aromatic heterocycles. The number of sulfone groups is 1. The number of amides is 1. The maximum absolute atomic E-state index is 13.0. The van der Waals surface area contributed by atoms with Gasteiger partial charge in [0, 0.05) is 32.6 Å². The Hall–Kier alpha value is -2.34. The van der Waals surface area contributed by atoms with Gasteiger partial charge in [0.1, 0.15) is 6.10 Å². The molecule has 2 aromatic rings. The van der Waals surface area contributed by atoms with Gasteiger partial charge in [-0.2, -0.15) is 0 Å². The molecule has 1 aliphatic rings. The van der Waals surface area contributed by atoms with Crippen LogP contribution in [0.3, 0.4) is 0 Å². The Morgan fingerprint density at radius 3 is 2.58 bits per heavy atom. The fraction of sp³-hybridized carbons (Fsp3) is 0.500. The summed E-state index contributed by atoms with van der Waals surface area (Å²) in [4.78, 5) is 23.9. The first-order valence-corrected chi connectivity index (χ1v) is 13.2. The van der Waals surface area contributed by atoms with Crippen molar-refractivity contribution in [1.82, 2.24) is 4.98 Å². The lowest BCUT2D eigenvalue weighted by Gasteiger charge is -2.11. The van der Waals surface area contributed by atoms with E-state index in [0.29, 0.717) is 30.3 Å². The number of carbonyl (C=O) groups excluding carboxylic acids is 1. The molecule has 9 nitrogen and oxygen atoms in total. The predicted octanol–water partition coefficient (Wildman–Crippen LogP) is 3.40. The van der Waals surface area contributed by atoms with Crippen molar-refractivity contribution in [3.63, 3.8) is 0 Å². The lowest BCUT2D eigenvalue weighted by Crippen LogP contribution is -2.25. The topological polar surface area (TPSA) is 116 Å². The van der Waals surface area contributed by atoms with Crippen LogP contribution < -0.4 is 5.32 Å². The number of rotatable bonds is 12. The van der Waals surface area contributed by atoms with Gasteiger partial charge in [0.25, 0.3) is 5.91 Å². The van der Waals surface area contributed by atoms with E-state index in [2.05, 4.69) is 15.5 Å². The number of anilines is 1. The van der Waals surface area contributed by atoms with Gasteiger partial charge in [-0.05, 0) is 44.2 Å². The van der Waals surface area contributed by atoms with Crippen molar-refractivity contribution in [2.24, 2.45) is 5.16 Å². The summed E-state index contributed by atoms with van der Waals surface area (Å²) in [5.41, 5.74) is 0.517. The first-order valence-electron chi connectivity index (χ1n) is 10.7. The number of aromatic nitrogens is 1. The maximum atomic E-state index is 13.0. The molecule has 11 heteroatoms. The van der Waals surface area contributed by atoms with Gasteiger partial charge in [-0.3, -0.25) is 10.1 Å². The van der Waals surface area contributed by atoms with E-state index in [9.17, 15) is 13.2 Å². The van der Waals surface area contributed by atoms with Crippen LogP contribution in [0.4, 0.5) is 5.13 Å². The van der Waals surface area contributed by atoms with Crippen molar-refractivity contribution in [3.8, 4) is 0 Å². The van der Waals surface area contributed by atoms with Crippen molar-refractivity contribution >= 4 is 37.9 Å². The van der Waals surface area contributed by atoms with Crippen LogP contribution in [0.25, 0.3) is 0 Å². The summed E-state index contributed by atoms with van der Waals surface area (Å²) in [7, 11) is -0.323. The fourth-order valence-electron chi connectivity index (χ4n) is 3.41. The monoisotopic (exact) mass is 495 g/mol. The molecule has 0 saturated heterocycles. The lowest BCUT2D eigenvalue weighted by molar-refractivity contribution is -0.110. The normalized spacial score (nSPS) is 15.0. The number of carbonyl (C=O) groups is 1. The van der Waals surface area contributed by atoms with Crippen LogP contribution in [-0.4, -0.2) is 57.7 Å². The molecule has 1 heterocycles. The summed E-state index contributed by atoms with van der Waals surface area (Å²) in [6.07, 6.45) is 5.94. The third-order valence-electron chi connectivity index (χ3n) is 5.12. The predicted molar refractivity (Wildman–Crippen MR) is 126 cm³/mol. The Morgan fingerprint density at radius 2 is 1.91 bits per heavy atom. The zero-order chi connectivity index (χ0) is 23.7. The number of hydrogen-bond donors (Lipinski definition) is 1. The molecule has 3 rings (SSSR count). The molecule has 0 spiro atoms. The number of methoxy groups -OCH3 is 2. The van der Waals surface area contributed by atoms with E-state index in [1.807, 2.05) is 0 Å². The van der Waals surface area contributed by atoms with Gasteiger partial charge in [0.2, 0.25) is 0 Å². The van der Waals surface area contributed by atoms with E-state index in [1.165, 1.54) is 30.6 Å². The SMILES string of the molecule is COCCCS(=O)(=O)c1ccc(/C(=N\OC2CCCC2)C(=O)Nc2ncc(COC)s2)cc1. The summed E-state index contributed by atoms with van der Waals surface area (Å²) < 4.78 is 35.0. The molecule has 1 saturated carbocycles. The number of oxime groups is 1. The third-order valence-corrected chi connectivity index (χ3v) is 7.82. The largest absolute Gasteiger partial charge is 0.392 e. The zero-order valence-electron chi connectivity index (χ0n) is 18.8. The Morgan fingerprint density at radius 1 is 1.18 bits per heavy atom. The van der Waals surface area contributed by atoms with E-state index in [0.717, 1.165) is 30.6 Å². The van der Waals surface area contributed by atoms with Gasteiger partial charge in [-0.15, -0.1) is 0 Å². The second-order valence-corrected chi connectivity index (χ2v) is 10.9. The Labute approximate surface area is 198 Å². The second-order valence-electron chi connectivity index (χ2n) is 7.66. The summed E-state index contributed by atoms with van der Waals surface area (Å²) in [5, 5.41) is 7.32. The molecule has 1 aliphatic carbocycles. The highest BCUT2D eigenvalue weighted by molar-refractivity contribution is 7.91. The van der Waals surface area contributed by atoms with Crippen molar-refractivity contribution in [3.05, 3.63) is 40.9 Å². The fourth-order valence-corrected chi connectivity index (χ4v) is 5.47. The van der Waals surface area contributed by atoms with Gasteiger partial charge in [-0.25, -0.2) is 13.4 Å². The smallest absolute Gasteiger partial charge is 0.280 e. The molecule has 33 heavy (non-hydrogen) atoms. The van der Waals surface area contributed by atoms with Crippen LogP contribution in [0.2, 0.25) is 0 Å². The first kappa shape index (κ1) is 25.3. The Bertz CT molecular complexity index is 1040. The molecule has 0 bridgehead atoms. The number of nitrogens with one attached hydrogen (secondary N) is 1. The van der Waals surface area contributed by atoms with Crippen molar-refractivity contribution in [1.29, 1.82) is 0 Å². The Kier molecular flexibility index (Phi) is 9.36. The summed E-state index contributed by atoms with van der Waals surface area (Å²) in [5.74, 6) is -0.498. The number of hydrogen-bond acceptors (Lipinski definition) is 9. The molecule has 0 unspecified atom stereocenters. The molecule has 0 aliphatic heterocycles. The van der Waals surface area contributed by atoms with E-state index in [4.69, 9.17) is 14.3 Å². The molecule has 1 aromatic carbocycles. The standard InChI is InChI=1S/C22H29N3O6S2/c1-29-12-5-13-33(27,28)19-10-8-16(9-11-19)20(25-31-17-6-3-4-7-17)21(26)24-22-23-14-18(32-22)15-30-2/h8-11,14,17H,3-7,12-13,15H2,1-2H3,(H,23,24,26)/b25-20+. The number of nitrogens with zero attached hydrogens (tertiary/aromatic N) is 2. The minimum absolute atomic E-state index is 0.0136. The van der Waals surface area contributed by atoms with Gasteiger partial charge in [0.05, 0.1) is 22.1 Å².